The summed E-state index contributed by atoms with van der Waals surface area (Å²) in [5.74, 6) is 0.543. The summed E-state index contributed by atoms with van der Waals surface area (Å²) in [6.45, 7) is 2.20. The molecule has 0 spiro atoms. The summed E-state index contributed by atoms with van der Waals surface area (Å²) in [7, 11) is 0. The first-order valence-corrected chi connectivity index (χ1v) is 5.67. The molecule has 1 heteroatoms. The number of rotatable bonds is 5. The van der Waals surface area contributed by atoms with Crippen LogP contribution >= 0.6 is 0 Å². The normalized spacial score (nSPS) is 24.6. The van der Waals surface area contributed by atoms with Crippen LogP contribution < -0.4 is 0 Å². The summed E-state index contributed by atoms with van der Waals surface area (Å²) < 4.78 is 0. The van der Waals surface area contributed by atoms with Gasteiger partial charge in [-0.1, -0.05) is 38.3 Å². The van der Waals surface area contributed by atoms with Crippen molar-refractivity contribution < 1.29 is 5.11 Å². The van der Waals surface area contributed by atoms with Crippen LogP contribution in [0.1, 0.15) is 51.9 Å². The molecule has 1 rings (SSSR count). The van der Waals surface area contributed by atoms with Gasteiger partial charge in [-0.25, -0.2) is 0 Å². The minimum absolute atomic E-state index is 0.0449. The van der Waals surface area contributed by atoms with Crippen LogP contribution in [0.5, 0.6) is 0 Å². The topological polar surface area (TPSA) is 20.2 Å². The molecule has 0 saturated carbocycles. The Hall–Kier alpha value is -0.300. The van der Waals surface area contributed by atoms with E-state index in [1.807, 2.05) is 0 Å². The Morgan fingerprint density at radius 2 is 2.23 bits per heavy atom. The molecule has 0 radical (unpaired) electrons. The second-order valence-electron chi connectivity index (χ2n) is 4.11. The van der Waals surface area contributed by atoms with Crippen LogP contribution in [0.25, 0.3) is 0 Å². The fraction of sp³-hybridized carbons (Fsp3) is 0.833. The number of unbranched alkanes of at least 4 members (excludes halogenated alkanes) is 2. The molecule has 76 valence electrons. The Bertz CT molecular complexity index is 151. The first-order chi connectivity index (χ1) is 6.34. The van der Waals surface area contributed by atoms with Gasteiger partial charge in [0.25, 0.3) is 0 Å². The van der Waals surface area contributed by atoms with Gasteiger partial charge in [0.2, 0.25) is 0 Å². The Labute approximate surface area is 81.9 Å². The molecule has 0 aromatic rings. The molecule has 2 unspecified atom stereocenters. The van der Waals surface area contributed by atoms with Crippen molar-refractivity contribution in [3.8, 4) is 0 Å². The van der Waals surface area contributed by atoms with Gasteiger partial charge in [0, 0.05) is 0 Å². The molecule has 0 aliphatic heterocycles. The number of hydrogen-bond donors (Lipinski definition) is 1. The highest BCUT2D eigenvalue weighted by Gasteiger charge is 2.18. The predicted octanol–water partition coefficient (Wildman–Crippen LogP) is 3.28. The van der Waals surface area contributed by atoms with E-state index in [0.29, 0.717) is 5.92 Å². The van der Waals surface area contributed by atoms with Crippen LogP contribution in [0, 0.1) is 5.92 Å². The fourth-order valence-corrected chi connectivity index (χ4v) is 2.01. The molecule has 0 saturated heterocycles. The maximum atomic E-state index is 9.87. The summed E-state index contributed by atoms with van der Waals surface area (Å²) in [5, 5.41) is 9.87. The zero-order valence-electron chi connectivity index (χ0n) is 8.71. The van der Waals surface area contributed by atoms with Gasteiger partial charge in [-0.15, -0.1) is 0 Å². The van der Waals surface area contributed by atoms with Crippen molar-refractivity contribution in [2.24, 2.45) is 5.92 Å². The van der Waals surface area contributed by atoms with Crippen LogP contribution in [0.3, 0.4) is 0 Å². The van der Waals surface area contributed by atoms with Gasteiger partial charge >= 0.3 is 0 Å². The molecule has 1 aliphatic carbocycles. The lowest BCUT2D eigenvalue weighted by Crippen LogP contribution is -2.21. The van der Waals surface area contributed by atoms with Crippen LogP contribution in [0.15, 0.2) is 12.2 Å². The van der Waals surface area contributed by atoms with Crippen LogP contribution in [-0.2, 0) is 0 Å². The number of aliphatic hydroxyl groups is 1. The number of allylic oxidation sites excluding steroid dienone is 2. The van der Waals surface area contributed by atoms with Crippen molar-refractivity contribution in [3.63, 3.8) is 0 Å². The molecule has 2 atom stereocenters. The average Bonchev–Trinajstić information content (AvgIpc) is 2.19. The largest absolute Gasteiger partial charge is 0.393 e. The summed E-state index contributed by atoms with van der Waals surface area (Å²) in [4.78, 5) is 0. The average molecular weight is 182 g/mol. The lowest BCUT2D eigenvalue weighted by molar-refractivity contribution is 0.0909. The highest BCUT2D eigenvalue weighted by atomic mass is 16.3. The Morgan fingerprint density at radius 1 is 1.38 bits per heavy atom. The number of hydrogen-bond acceptors (Lipinski definition) is 1. The van der Waals surface area contributed by atoms with Crippen LogP contribution in [0.4, 0.5) is 0 Å². The van der Waals surface area contributed by atoms with E-state index in [4.69, 9.17) is 0 Å². The quantitative estimate of drug-likeness (QED) is 0.511. The van der Waals surface area contributed by atoms with Crippen molar-refractivity contribution >= 4 is 0 Å². The third kappa shape index (κ3) is 3.95. The van der Waals surface area contributed by atoms with E-state index in [-0.39, 0.29) is 6.10 Å². The van der Waals surface area contributed by atoms with E-state index in [1.54, 1.807) is 0 Å². The second-order valence-corrected chi connectivity index (χ2v) is 4.11. The zero-order chi connectivity index (χ0) is 9.52. The molecular formula is C12H22O. The summed E-state index contributed by atoms with van der Waals surface area (Å²) in [5.41, 5.74) is 0. The Kier molecular flexibility index (Phi) is 5.14. The third-order valence-electron chi connectivity index (χ3n) is 2.96. The van der Waals surface area contributed by atoms with E-state index in [9.17, 15) is 5.11 Å². The predicted molar refractivity (Wildman–Crippen MR) is 56.6 cm³/mol. The molecule has 0 amide bonds. The van der Waals surface area contributed by atoms with E-state index >= 15 is 0 Å². The molecule has 0 heterocycles. The molecule has 0 bridgehead atoms. The highest BCUT2D eigenvalue weighted by molar-refractivity contribution is 4.92. The fourth-order valence-electron chi connectivity index (χ4n) is 2.01. The summed E-state index contributed by atoms with van der Waals surface area (Å²) >= 11 is 0. The van der Waals surface area contributed by atoms with Crippen molar-refractivity contribution in [2.75, 3.05) is 0 Å². The van der Waals surface area contributed by atoms with Crippen molar-refractivity contribution in [1.29, 1.82) is 0 Å². The van der Waals surface area contributed by atoms with Gasteiger partial charge in [-0.05, 0) is 31.6 Å². The monoisotopic (exact) mass is 182 g/mol. The first-order valence-electron chi connectivity index (χ1n) is 5.67. The van der Waals surface area contributed by atoms with Crippen LogP contribution in [-0.4, -0.2) is 11.2 Å². The molecule has 0 aromatic carbocycles. The van der Waals surface area contributed by atoms with Gasteiger partial charge in [0.05, 0.1) is 6.10 Å². The third-order valence-corrected chi connectivity index (χ3v) is 2.96. The minimum atomic E-state index is -0.0449. The molecule has 1 nitrogen and oxygen atoms in total. The van der Waals surface area contributed by atoms with Gasteiger partial charge in [0.15, 0.2) is 0 Å². The lowest BCUT2D eigenvalue weighted by atomic mass is 9.87. The number of aliphatic hydroxyl groups excluding tert-OH is 1. The molecule has 0 fully saturated rings. The SMILES string of the molecule is CCCCCC(O)C1CC=CCC1. The maximum Gasteiger partial charge on any atom is 0.0571 e. The maximum absolute atomic E-state index is 9.87. The van der Waals surface area contributed by atoms with Gasteiger partial charge < -0.3 is 5.11 Å². The Morgan fingerprint density at radius 3 is 2.85 bits per heavy atom. The van der Waals surface area contributed by atoms with Gasteiger partial charge in [0.1, 0.15) is 0 Å². The standard InChI is InChI=1S/C12H22O/c1-2-3-5-10-12(13)11-8-6-4-7-9-11/h4,6,11-13H,2-3,5,7-10H2,1H3. The molecular weight excluding hydrogens is 160 g/mol. The van der Waals surface area contributed by atoms with Gasteiger partial charge in [-0.3, -0.25) is 0 Å². The van der Waals surface area contributed by atoms with Crippen LogP contribution in [0.2, 0.25) is 0 Å². The summed E-state index contributed by atoms with van der Waals surface area (Å²) in [6.07, 6.45) is 12.6. The van der Waals surface area contributed by atoms with Crippen molar-refractivity contribution in [2.45, 2.75) is 58.0 Å². The first kappa shape index (κ1) is 10.8. The van der Waals surface area contributed by atoms with E-state index in [2.05, 4.69) is 19.1 Å². The molecule has 1 aliphatic rings. The highest BCUT2D eigenvalue weighted by Crippen LogP contribution is 2.24. The minimum Gasteiger partial charge on any atom is -0.393 e. The van der Waals surface area contributed by atoms with Crippen molar-refractivity contribution in [3.05, 3.63) is 12.2 Å². The van der Waals surface area contributed by atoms with E-state index in [0.717, 1.165) is 19.3 Å². The lowest BCUT2D eigenvalue weighted by Gasteiger charge is -2.23. The molecule has 13 heavy (non-hydrogen) atoms. The second kappa shape index (κ2) is 6.20. The molecule has 0 aromatic heterocycles. The van der Waals surface area contributed by atoms with Gasteiger partial charge in [-0.2, -0.15) is 0 Å². The van der Waals surface area contributed by atoms with E-state index < -0.39 is 0 Å². The smallest absolute Gasteiger partial charge is 0.0571 e. The van der Waals surface area contributed by atoms with Crippen molar-refractivity contribution in [1.82, 2.24) is 0 Å². The Balaban J connectivity index is 2.14. The zero-order valence-corrected chi connectivity index (χ0v) is 8.71. The van der Waals surface area contributed by atoms with E-state index in [1.165, 1.54) is 25.7 Å². The molecule has 1 N–H and O–H groups in total. The summed E-state index contributed by atoms with van der Waals surface area (Å²) in [6, 6.07) is 0.